The Kier molecular flexibility index (Phi) is 15.9. The van der Waals surface area contributed by atoms with E-state index in [1.807, 2.05) is 59.2 Å². The van der Waals surface area contributed by atoms with Crippen LogP contribution in [0, 0.1) is 5.92 Å². The van der Waals surface area contributed by atoms with Crippen molar-refractivity contribution >= 4 is 40.4 Å². The molecule has 0 unspecified atom stereocenters. The number of hydrogen-bond acceptors (Lipinski definition) is 9. The summed E-state index contributed by atoms with van der Waals surface area (Å²) >= 11 is 0. The highest BCUT2D eigenvalue weighted by atomic mass is 16.6. The van der Waals surface area contributed by atoms with Crippen LogP contribution in [-0.4, -0.2) is 103 Å². The van der Waals surface area contributed by atoms with Gasteiger partial charge in [-0.15, -0.1) is 0 Å². The van der Waals surface area contributed by atoms with Gasteiger partial charge in [0.15, 0.2) is 0 Å². The smallest absolute Gasteiger partial charge is 0.424 e. The van der Waals surface area contributed by atoms with Gasteiger partial charge in [-0.05, 0) is 59.5 Å². The Balaban J connectivity index is 1.13. The molecule has 13 heteroatoms. The van der Waals surface area contributed by atoms with E-state index in [9.17, 15) is 29.1 Å². The van der Waals surface area contributed by atoms with Gasteiger partial charge in [-0.2, -0.15) is 0 Å². The Morgan fingerprint density at radius 2 is 1.47 bits per heavy atom. The third kappa shape index (κ3) is 12.1. The second kappa shape index (κ2) is 21.2. The third-order valence-electron chi connectivity index (χ3n) is 10.3. The molecule has 57 heavy (non-hydrogen) atoms. The summed E-state index contributed by atoms with van der Waals surface area (Å²) in [5.74, 6) is -2.32. The summed E-state index contributed by atoms with van der Waals surface area (Å²) in [6.45, 7) is 4.03. The number of hydrazine groups is 1. The molecule has 0 saturated heterocycles. The molecule has 304 valence electrons. The van der Waals surface area contributed by atoms with Crippen LogP contribution in [-0.2, 0) is 46.5 Å². The SMILES string of the molecule is CC(=O)CCCOCCOCCNC(=O)[C@H](CCC(=O)O)CC(=O)CCn1c(CN(C)N(C)C(=O)OCC2c3ccccc3-c3ccccc32)cc2ccccc21. The van der Waals surface area contributed by atoms with Crippen LogP contribution in [0.25, 0.3) is 22.0 Å². The first-order valence-corrected chi connectivity index (χ1v) is 19.6. The number of rotatable bonds is 24. The van der Waals surface area contributed by atoms with Crippen molar-refractivity contribution in [2.24, 2.45) is 5.92 Å². The van der Waals surface area contributed by atoms with Crippen molar-refractivity contribution in [2.75, 3.05) is 53.7 Å². The number of para-hydroxylation sites is 1. The van der Waals surface area contributed by atoms with Crippen molar-refractivity contribution in [1.29, 1.82) is 0 Å². The highest BCUT2D eigenvalue weighted by molar-refractivity contribution is 5.87. The van der Waals surface area contributed by atoms with E-state index in [1.54, 1.807) is 26.0 Å². The maximum atomic E-state index is 13.4. The Morgan fingerprint density at radius 3 is 2.16 bits per heavy atom. The molecule has 0 spiro atoms. The average molecular weight is 783 g/mol. The minimum absolute atomic E-state index is 0.0343. The number of carbonyl (C=O) groups excluding carboxylic acids is 4. The molecule has 4 aromatic rings. The number of aryl methyl sites for hydroxylation is 1. The Labute approximate surface area is 333 Å². The predicted molar refractivity (Wildman–Crippen MR) is 215 cm³/mol. The molecule has 2 N–H and O–H groups in total. The lowest BCUT2D eigenvalue weighted by Gasteiger charge is -2.28. The minimum Gasteiger partial charge on any atom is -0.481 e. The van der Waals surface area contributed by atoms with E-state index >= 15 is 0 Å². The van der Waals surface area contributed by atoms with Gasteiger partial charge in [0.1, 0.15) is 18.2 Å². The summed E-state index contributed by atoms with van der Waals surface area (Å²) in [7, 11) is 3.47. The number of carbonyl (C=O) groups is 5. The molecule has 5 rings (SSSR count). The van der Waals surface area contributed by atoms with Crippen molar-refractivity contribution in [3.05, 3.63) is 95.7 Å². The number of nitrogens with one attached hydrogen (secondary N) is 1. The van der Waals surface area contributed by atoms with Gasteiger partial charge in [0.25, 0.3) is 0 Å². The first kappa shape index (κ1) is 42.8. The molecule has 13 nitrogen and oxygen atoms in total. The Hall–Kier alpha value is -5.37. The lowest BCUT2D eigenvalue weighted by atomic mass is 9.95. The molecule has 1 atom stereocenters. The van der Waals surface area contributed by atoms with Crippen LogP contribution >= 0.6 is 0 Å². The zero-order chi connectivity index (χ0) is 40.7. The number of ketones is 2. The fourth-order valence-electron chi connectivity index (χ4n) is 7.20. The number of ether oxygens (including phenoxy) is 3. The Bertz CT molecular complexity index is 1960. The summed E-state index contributed by atoms with van der Waals surface area (Å²) in [6.07, 6.45) is 0.487. The van der Waals surface area contributed by atoms with E-state index < -0.39 is 23.9 Å². The van der Waals surface area contributed by atoms with Gasteiger partial charge in [-0.1, -0.05) is 66.7 Å². The van der Waals surface area contributed by atoms with Crippen molar-refractivity contribution in [2.45, 2.75) is 64.5 Å². The molecule has 0 saturated carbocycles. The van der Waals surface area contributed by atoms with E-state index in [0.29, 0.717) is 45.8 Å². The zero-order valence-electron chi connectivity index (χ0n) is 33.1. The number of aliphatic carboxylic acids is 1. The quantitative estimate of drug-likeness (QED) is 0.0618. The predicted octanol–water partition coefficient (Wildman–Crippen LogP) is 6.22. The molecule has 0 radical (unpaired) electrons. The van der Waals surface area contributed by atoms with E-state index in [1.165, 1.54) is 5.01 Å². The molecule has 0 bridgehead atoms. The fraction of sp³-hybridized carbons (Fsp3) is 0.432. The van der Waals surface area contributed by atoms with Crippen molar-refractivity contribution in [1.82, 2.24) is 19.9 Å². The maximum absolute atomic E-state index is 13.4. The molecule has 3 aromatic carbocycles. The van der Waals surface area contributed by atoms with Gasteiger partial charge in [-0.3, -0.25) is 14.4 Å². The highest BCUT2D eigenvalue weighted by Crippen LogP contribution is 2.44. The van der Waals surface area contributed by atoms with Gasteiger partial charge in [-0.25, -0.2) is 14.8 Å². The van der Waals surface area contributed by atoms with Crippen molar-refractivity contribution in [3.63, 3.8) is 0 Å². The first-order chi connectivity index (χ1) is 27.5. The summed E-state index contributed by atoms with van der Waals surface area (Å²) in [6, 6.07) is 26.3. The van der Waals surface area contributed by atoms with E-state index in [2.05, 4.69) is 29.6 Å². The number of amides is 2. The van der Waals surface area contributed by atoms with E-state index in [4.69, 9.17) is 14.2 Å². The van der Waals surface area contributed by atoms with Gasteiger partial charge in [0.2, 0.25) is 5.91 Å². The molecule has 2 amide bonds. The molecule has 1 aliphatic carbocycles. The van der Waals surface area contributed by atoms with E-state index in [0.717, 1.165) is 38.9 Å². The highest BCUT2D eigenvalue weighted by Gasteiger charge is 2.30. The number of fused-ring (bicyclic) bond motifs is 4. The largest absolute Gasteiger partial charge is 0.481 e. The zero-order valence-corrected chi connectivity index (χ0v) is 33.1. The number of Topliss-reactive ketones (excluding diaryl/α,β-unsaturated/α-hetero) is 2. The number of carboxylic acids is 1. The van der Waals surface area contributed by atoms with Crippen LogP contribution in [0.1, 0.15) is 68.2 Å². The van der Waals surface area contributed by atoms with Crippen molar-refractivity contribution in [3.8, 4) is 11.1 Å². The molecule has 1 heterocycles. The number of benzene rings is 3. The normalized spacial score (nSPS) is 12.6. The Morgan fingerprint density at radius 1 is 0.825 bits per heavy atom. The second-order valence-corrected chi connectivity index (χ2v) is 14.4. The van der Waals surface area contributed by atoms with Gasteiger partial charge >= 0.3 is 12.1 Å². The number of nitrogens with zero attached hydrogens (tertiary/aromatic N) is 3. The number of carboxylic acid groups (broad SMARTS) is 1. The number of aromatic nitrogens is 1. The van der Waals surface area contributed by atoms with Gasteiger partial charge in [0.05, 0.1) is 26.4 Å². The topological polar surface area (TPSA) is 157 Å². The van der Waals surface area contributed by atoms with Crippen LogP contribution in [0.5, 0.6) is 0 Å². The van der Waals surface area contributed by atoms with Crippen LogP contribution in [0.15, 0.2) is 78.9 Å². The van der Waals surface area contributed by atoms with Crippen LogP contribution in [0.3, 0.4) is 0 Å². The summed E-state index contributed by atoms with van der Waals surface area (Å²) in [5, 5.41) is 16.3. The average Bonchev–Trinajstić information content (AvgIpc) is 3.72. The van der Waals surface area contributed by atoms with Crippen molar-refractivity contribution < 1.29 is 43.3 Å². The van der Waals surface area contributed by atoms with E-state index in [-0.39, 0.29) is 62.9 Å². The minimum atomic E-state index is -1.04. The fourth-order valence-corrected chi connectivity index (χ4v) is 7.20. The lowest BCUT2D eigenvalue weighted by Crippen LogP contribution is -2.41. The maximum Gasteiger partial charge on any atom is 0.424 e. The third-order valence-corrected chi connectivity index (χ3v) is 10.3. The molecule has 0 aliphatic heterocycles. The summed E-state index contributed by atoms with van der Waals surface area (Å²) in [5.41, 5.74) is 6.40. The molecular weight excluding hydrogens is 729 g/mol. The molecule has 0 fully saturated rings. The molecular formula is C44H54N4O9. The number of hydrogen-bond donors (Lipinski definition) is 2. The standard InChI is InChI=1S/C44H54N4O9/c1-31(49)11-10-23-55-25-26-56-24-21-45-43(53)33(18-19-42(51)52)28-35(50)20-22-48-34(27-32-12-4-9-17-41(32)48)29-46(2)47(3)44(54)57-30-40-38-15-7-5-13-36(38)37-14-6-8-16-39(37)40/h4-9,12-17,27,33,40H,10-11,18-26,28-30H2,1-3H3,(H,45,53)(H,51,52)/t33-/m1/s1. The first-order valence-electron chi connectivity index (χ1n) is 19.6. The van der Waals surface area contributed by atoms with Gasteiger partial charge < -0.3 is 34.0 Å². The lowest BCUT2D eigenvalue weighted by molar-refractivity contribution is -0.138. The van der Waals surface area contributed by atoms with Crippen LogP contribution < -0.4 is 5.32 Å². The van der Waals surface area contributed by atoms with Crippen LogP contribution in [0.4, 0.5) is 4.79 Å². The molecule has 1 aliphatic rings. The molecule has 1 aromatic heterocycles. The summed E-state index contributed by atoms with van der Waals surface area (Å²) in [4.78, 5) is 62.2. The van der Waals surface area contributed by atoms with Gasteiger partial charge in [0, 0.05) is 82.5 Å². The monoisotopic (exact) mass is 782 g/mol. The van der Waals surface area contributed by atoms with Crippen LogP contribution in [0.2, 0.25) is 0 Å². The second-order valence-electron chi connectivity index (χ2n) is 14.4. The summed E-state index contributed by atoms with van der Waals surface area (Å²) < 4.78 is 18.9.